The lowest BCUT2D eigenvalue weighted by Gasteiger charge is -2.08. The Morgan fingerprint density at radius 2 is 2.33 bits per heavy atom. The summed E-state index contributed by atoms with van der Waals surface area (Å²) < 4.78 is 2.00. The van der Waals surface area contributed by atoms with Crippen molar-refractivity contribution in [3.05, 3.63) is 29.3 Å². The maximum absolute atomic E-state index is 5.70. The predicted octanol–water partition coefficient (Wildman–Crippen LogP) is 2.65. The first-order valence-corrected chi connectivity index (χ1v) is 5.92. The molecule has 2 rings (SSSR count). The van der Waals surface area contributed by atoms with Crippen LogP contribution in [0.2, 0.25) is 0 Å². The van der Waals surface area contributed by atoms with Gasteiger partial charge in [-0.2, -0.15) is 5.10 Å². The van der Waals surface area contributed by atoms with E-state index in [4.69, 9.17) is 5.73 Å². The number of hydrogen-bond donors (Lipinski definition) is 1. The van der Waals surface area contributed by atoms with Crippen molar-refractivity contribution in [3.63, 3.8) is 0 Å². The van der Waals surface area contributed by atoms with Crippen LogP contribution in [-0.4, -0.2) is 9.78 Å². The third-order valence-electron chi connectivity index (χ3n) is 2.28. The summed E-state index contributed by atoms with van der Waals surface area (Å²) in [6.07, 6.45) is 0. The van der Waals surface area contributed by atoms with E-state index >= 15 is 0 Å². The van der Waals surface area contributed by atoms with Gasteiger partial charge < -0.3 is 5.73 Å². The lowest BCUT2D eigenvalue weighted by atomic mass is 10.3. The summed E-state index contributed by atoms with van der Waals surface area (Å²) in [4.78, 5) is 1.20. The Labute approximate surface area is 93.5 Å². The van der Waals surface area contributed by atoms with Crippen LogP contribution < -0.4 is 5.73 Å². The first-order valence-electron chi connectivity index (χ1n) is 5.04. The molecule has 15 heavy (non-hydrogen) atoms. The van der Waals surface area contributed by atoms with Gasteiger partial charge >= 0.3 is 0 Å². The molecule has 0 aliphatic carbocycles. The molecule has 0 aliphatic rings. The van der Waals surface area contributed by atoms with Crippen molar-refractivity contribution in [3.8, 4) is 10.6 Å². The van der Waals surface area contributed by atoms with Crippen molar-refractivity contribution >= 4 is 11.3 Å². The van der Waals surface area contributed by atoms with Gasteiger partial charge in [-0.3, -0.25) is 4.68 Å². The van der Waals surface area contributed by atoms with Gasteiger partial charge in [-0.15, -0.1) is 11.3 Å². The molecule has 0 aromatic carbocycles. The van der Waals surface area contributed by atoms with E-state index in [1.165, 1.54) is 4.88 Å². The molecule has 0 bridgehead atoms. The van der Waals surface area contributed by atoms with E-state index in [1.54, 1.807) is 11.3 Å². The van der Waals surface area contributed by atoms with E-state index in [1.807, 2.05) is 10.7 Å². The predicted molar refractivity (Wildman–Crippen MR) is 63.8 cm³/mol. The topological polar surface area (TPSA) is 43.8 Å². The fourth-order valence-corrected chi connectivity index (χ4v) is 2.26. The highest BCUT2D eigenvalue weighted by atomic mass is 32.1. The third-order valence-corrected chi connectivity index (χ3v) is 3.18. The van der Waals surface area contributed by atoms with Crippen LogP contribution >= 0.6 is 11.3 Å². The second-order valence-corrected chi connectivity index (χ2v) is 4.69. The SMILES string of the molecule is CC(C)n1nc(-c2cccs2)cc1CN. The van der Waals surface area contributed by atoms with Gasteiger partial charge in [0.25, 0.3) is 0 Å². The van der Waals surface area contributed by atoms with Crippen LogP contribution in [0.25, 0.3) is 10.6 Å². The second-order valence-electron chi connectivity index (χ2n) is 3.74. The van der Waals surface area contributed by atoms with Gasteiger partial charge in [-0.25, -0.2) is 0 Å². The summed E-state index contributed by atoms with van der Waals surface area (Å²) in [5.41, 5.74) is 7.82. The minimum absolute atomic E-state index is 0.359. The molecular formula is C11H15N3S. The van der Waals surface area contributed by atoms with Gasteiger partial charge in [0.1, 0.15) is 5.69 Å². The van der Waals surface area contributed by atoms with Gasteiger partial charge in [0.05, 0.1) is 10.6 Å². The van der Waals surface area contributed by atoms with E-state index in [2.05, 4.69) is 36.5 Å². The zero-order chi connectivity index (χ0) is 10.8. The monoisotopic (exact) mass is 221 g/mol. The molecule has 0 aliphatic heterocycles. The summed E-state index contributed by atoms with van der Waals surface area (Å²) in [5.74, 6) is 0. The Morgan fingerprint density at radius 1 is 1.53 bits per heavy atom. The van der Waals surface area contributed by atoms with Gasteiger partial charge in [-0.05, 0) is 31.4 Å². The molecule has 0 saturated heterocycles. The number of aromatic nitrogens is 2. The van der Waals surface area contributed by atoms with Crippen molar-refractivity contribution in [1.29, 1.82) is 0 Å². The molecule has 0 spiro atoms. The van der Waals surface area contributed by atoms with E-state index in [0.717, 1.165) is 11.4 Å². The maximum atomic E-state index is 5.70. The summed E-state index contributed by atoms with van der Waals surface area (Å²) in [6, 6.07) is 6.55. The molecule has 0 radical (unpaired) electrons. The third kappa shape index (κ3) is 1.96. The van der Waals surface area contributed by atoms with Crippen molar-refractivity contribution in [2.24, 2.45) is 5.73 Å². The van der Waals surface area contributed by atoms with Crippen LogP contribution in [0.5, 0.6) is 0 Å². The fourth-order valence-electron chi connectivity index (χ4n) is 1.58. The summed E-state index contributed by atoms with van der Waals surface area (Å²) in [5, 5.41) is 6.63. The fraction of sp³-hybridized carbons (Fsp3) is 0.364. The molecule has 0 saturated carbocycles. The highest BCUT2D eigenvalue weighted by Gasteiger charge is 2.10. The lowest BCUT2D eigenvalue weighted by Crippen LogP contribution is -2.10. The Bertz CT molecular complexity index is 429. The Hall–Kier alpha value is -1.13. The Balaban J connectivity index is 2.43. The average molecular weight is 221 g/mol. The molecule has 80 valence electrons. The minimum Gasteiger partial charge on any atom is -0.325 e. The second kappa shape index (κ2) is 4.16. The van der Waals surface area contributed by atoms with Crippen molar-refractivity contribution in [2.75, 3.05) is 0 Å². The molecule has 0 atom stereocenters. The molecule has 2 aromatic heterocycles. The quantitative estimate of drug-likeness (QED) is 0.866. The minimum atomic E-state index is 0.359. The van der Waals surface area contributed by atoms with Crippen LogP contribution in [0.3, 0.4) is 0 Å². The first-order chi connectivity index (χ1) is 7.22. The zero-order valence-electron chi connectivity index (χ0n) is 8.97. The number of rotatable bonds is 3. The molecule has 2 heterocycles. The summed E-state index contributed by atoms with van der Waals surface area (Å²) in [6.45, 7) is 4.77. The van der Waals surface area contributed by atoms with Crippen LogP contribution in [0.15, 0.2) is 23.6 Å². The number of thiophene rings is 1. The smallest absolute Gasteiger partial charge is 0.103 e. The molecule has 0 unspecified atom stereocenters. The number of hydrogen-bond acceptors (Lipinski definition) is 3. The van der Waals surface area contributed by atoms with Crippen LogP contribution in [0.1, 0.15) is 25.6 Å². The lowest BCUT2D eigenvalue weighted by molar-refractivity contribution is 0.511. The standard InChI is InChI=1S/C11H15N3S/c1-8(2)14-9(7-12)6-10(13-14)11-4-3-5-15-11/h3-6,8H,7,12H2,1-2H3. The van der Waals surface area contributed by atoms with Crippen LogP contribution in [0.4, 0.5) is 0 Å². The van der Waals surface area contributed by atoms with E-state index in [-0.39, 0.29) is 0 Å². The molecule has 4 heteroatoms. The molecule has 3 nitrogen and oxygen atoms in total. The van der Waals surface area contributed by atoms with Crippen molar-refractivity contribution in [1.82, 2.24) is 9.78 Å². The molecule has 2 N–H and O–H groups in total. The van der Waals surface area contributed by atoms with Gasteiger partial charge in [-0.1, -0.05) is 6.07 Å². The van der Waals surface area contributed by atoms with E-state index in [0.29, 0.717) is 12.6 Å². The van der Waals surface area contributed by atoms with Gasteiger partial charge in [0.15, 0.2) is 0 Å². The van der Waals surface area contributed by atoms with Gasteiger partial charge in [0.2, 0.25) is 0 Å². The molecular weight excluding hydrogens is 206 g/mol. The van der Waals surface area contributed by atoms with E-state index < -0.39 is 0 Å². The maximum Gasteiger partial charge on any atom is 0.103 e. The first kappa shape index (κ1) is 10.4. The highest BCUT2D eigenvalue weighted by molar-refractivity contribution is 7.13. The van der Waals surface area contributed by atoms with Crippen LogP contribution in [0, 0.1) is 0 Å². The van der Waals surface area contributed by atoms with Gasteiger partial charge in [0, 0.05) is 12.6 Å². The largest absolute Gasteiger partial charge is 0.325 e. The highest BCUT2D eigenvalue weighted by Crippen LogP contribution is 2.25. The normalized spacial score (nSPS) is 11.2. The summed E-state index contributed by atoms with van der Waals surface area (Å²) >= 11 is 1.70. The van der Waals surface area contributed by atoms with Crippen molar-refractivity contribution < 1.29 is 0 Å². The number of nitrogens with two attached hydrogens (primary N) is 1. The molecule has 2 aromatic rings. The van der Waals surface area contributed by atoms with Crippen molar-refractivity contribution in [2.45, 2.75) is 26.4 Å². The average Bonchev–Trinajstić information content (AvgIpc) is 2.86. The molecule has 0 amide bonds. The van der Waals surface area contributed by atoms with Crippen LogP contribution in [-0.2, 0) is 6.54 Å². The molecule has 0 fully saturated rings. The Kier molecular flexibility index (Phi) is 2.88. The zero-order valence-corrected chi connectivity index (χ0v) is 9.79. The van der Waals surface area contributed by atoms with E-state index in [9.17, 15) is 0 Å². The Morgan fingerprint density at radius 3 is 2.80 bits per heavy atom. The summed E-state index contributed by atoms with van der Waals surface area (Å²) in [7, 11) is 0. The number of nitrogens with zero attached hydrogens (tertiary/aromatic N) is 2.